The minimum Gasteiger partial charge on any atom is -0.435 e. The number of carbonyl (C=O) groups excluding carboxylic acids is 1. The van der Waals surface area contributed by atoms with Gasteiger partial charge in [-0.15, -0.1) is 11.3 Å². The van der Waals surface area contributed by atoms with Crippen LogP contribution < -0.4 is 10.1 Å². The number of hydrogen-bond acceptors (Lipinski definition) is 5. The number of rotatable bonds is 4. The highest BCUT2D eigenvalue weighted by Crippen LogP contribution is 2.33. The first-order valence-corrected chi connectivity index (χ1v) is 9.52. The highest BCUT2D eigenvalue weighted by atomic mass is 32.1. The standard InChI is InChI=1S/C20H21F2N3O2S/c1-10-14-11(2)23-18(20(3,4)5)25-17(14)28-15(10)16(26)24-12-6-8-13(9-7-12)27-19(21)22/h6-9,19H,1-5H3,(H,24,26). The molecule has 1 aromatic carbocycles. The summed E-state index contributed by atoms with van der Waals surface area (Å²) in [5.41, 5.74) is 1.97. The van der Waals surface area contributed by atoms with E-state index in [2.05, 4.69) is 20.0 Å². The highest BCUT2D eigenvalue weighted by Gasteiger charge is 2.23. The predicted molar refractivity (Wildman–Crippen MR) is 107 cm³/mol. The topological polar surface area (TPSA) is 64.1 Å². The van der Waals surface area contributed by atoms with Crippen LogP contribution in [0.2, 0.25) is 0 Å². The number of fused-ring (bicyclic) bond motifs is 1. The van der Waals surface area contributed by atoms with Crippen molar-refractivity contribution in [2.45, 2.75) is 46.6 Å². The maximum absolute atomic E-state index is 12.8. The Labute approximate surface area is 165 Å². The molecule has 3 rings (SSSR count). The Hall–Kier alpha value is -2.61. The second-order valence-electron chi connectivity index (χ2n) is 7.48. The van der Waals surface area contributed by atoms with E-state index in [1.165, 1.54) is 35.6 Å². The van der Waals surface area contributed by atoms with Crippen LogP contribution in [0.25, 0.3) is 10.2 Å². The number of ether oxygens (including phenoxy) is 1. The highest BCUT2D eigenvalue weighted by molar-refractivity contribution is 7.20. The molecule has 0 aliphatic rings. The van der Waals surface area contributed by atoms with Gasteiger partial charge in [0.05, 0.1) is 10.6 Å². The van der Waals surface area contributed by atoms with Crippen molar-refractivity contribution in [1.82, 2.24) is 9.97 Å². The van der Waals surface area contributed by atoms with Crippen LogP contribution in [0.15, 0.2) is 24.3 Å². The van der Waals surface area contributed by atoms with Crippen molar-refractivity contribution in [2.24, 2.45) is 0 Å². The van der Waals surface area contributed by atoms with Crippen LogP contribution in [-0.4, -0.2) is 22.5 Å². The molecule has 0 radical (unpaired) electrons. The quantitative estimate of drug-likeness (QED) is 0.626. The van der Waals surface area contributed by atoms with Gasteiger partial charge in [0, 0.05) is 16.5 Å². The van der Waals surface area contributed by atoms with Gasteiger partial charge in [0.2, 0.25) is 0 Å². The molecule has 1 N–H and O–H groups in total. The van der Waals surface area contributed by atoms with Crippen LogP contribution in [0.1, 0.15) is 47.5 Å². The molecule has 1 amide bonds. The van der Waals surface area contributed by atoms with Crippen LogP contribution in [0.3, 0.4) is 0 Å². The number of nitrogens with one attached hydrogen (secondary N) is 1. The lowest BCUT2D eigenvalue weighted by Gasteiger charge is -2.16. The number of anilines is 1. The summed E-state index contributed by atoms with van der Waals surface area (Å²) in [6.45, 7) is 7.04. The summed E-state index contributed by atoms with van der Waals surface area (Å²) in [4.78, 5) is 23.4. The summed E-state index contributed by atoms with van der Waals surface area (Å²) in [6, 6.07) is 5.79. The fourth-order valence-corrected chi connectivity index (χ4v) is 3.93. The van der Waals surface area contributed by atoms with Crippen molar-refractivity contribution < 1.29 is 18.3 Å². The lowest BCUT2D eigenvalue weighted by molar-refractivity contribution is -0.0498. The number of thiophene rings is 1. The van der Waals surface area contributed by atoms with E-state index < -0.39 is 6.61 Å². The molecule has 0 saturated carbocycles. The molecule has 148 valence electrons. The van der Waals surface area contributed by atoms with E-state index >= 15 is 0 Å². The zero-order valence-electron chi connectivity index (χ0n) is 16.3. The summed E-state index contributed by atoms with van der Waals surface area (Å²) in [7, 11) is 0. The van der Waals surface area contributed by atoms with E-state index in [-0.39, 0.29) is 17.1 Å². The molecule has 0 bridgehead atoms. The Balaban J connectivity index is 1.89. The maximum atomic E-state index is 12.8. The smallest absolute Gasteiger partial charge is 0.387 e. The van der Waals surface area contributed by atoms with Gasteiger partial charge in [0.1, 0.15) is 16.4 Å². The van der Waals surface area contributed by atoms with E-state index in [0.717, 1.165) is 27.3 Å². The zero-order chi connectivity index (χ0) is 20.6. The average Bonchev–Trinajstić information content (AvgIpc) is 2.93. The molecule has 0 aliphatic heterocycles. The minimum atomic E-state index is -2.89. The van der Waals surface area contributed by atoms with Gasteiger partial charge < -0.3 is 10.1 Å². The Morgan fingerprint density at radius 2 is 1.79 bits per heavy atom. The number of amides is 1. The second kappa shape index (κ2) is 7.43. The molecule has 2 heterocycles. The van der Waals surface area contributed by atoms with Crippen LogP contribution >= 0.6 is 11.3 Å². The van der Waals surface area contributed by atoms with Crippen molar-refractivity contribution in [1.29, 1.82) is 0 Å². The number of alkyl halides is 2. The molecule has 5 nitrogen and oxygen atoms in total. The summed E-state index contributed by atoms with van der Waals surface area (Å²) in [5, 5.41) is 3.68. The van der Waals surface area contributed by atoms with Gasteiger partial charge in [-0.2, -0.15) is 8.78 Å². The van der Waals surface area contributed by atoms with Gasteiger partial charge in [0.15, 0.2) is 0 Å². The molecule has 2 aromatic heterocycles. The average molecular weight is 405 g/mol. The number of hydrogen-bond donors (Lipinski definition) is 1. The van der Waals surface area contributed by atoms with Gasteiger partial charge in [-0.25, -0.2) is 9.97 Å². The Kier molecular flexibility index (Phi) is 5.34. The monoisotopic (exact) mass is 405 g/mol. The number of benzene rings is 1. The fourth-order valence-electron chi connectivity index (χ4n) is 2.80. The number of nitrogens with zero attached hydrogens (tertiary/aromatic N) is 2. The molecular formula is C20H21F2N3O2S. The SMILES string of the molecule is Cc1nc(C(C)(C)C)nc2sc(C(=O)Nc3ccc(OC(F)F)cc3)c(C)c12. The summed E-state index contributed by atoms with van der Waals surface area (Å²) in [6.07, 6.45) is 0. The second-order valence-corrected chi connectivity index (χ2v) is 8.48. The van der Waals surface area contributed by atoms with Crippen molar-refractivity contribution in [3.63, 3.8) is 0 Å². The van der Waals surface area contributed by atoms with Crippen LogP contribution in [0.5, 0.6) is 5.75 Å². The Bertz CT molecular complexity index is 1020. The number of aromatic nitrogens is 2. The largest absolute Gasteiger partial charge is 0.435 e. The Morgan fingerprint density at radius 1 is 1.14 bits per heavy atom. The first-order chi connectivity index (χ1) is 13.1. The van der Waals surface area contributed by atoms with E-state index in [0.29, 0.717) is 10.6 Å². The van der Waals surface area contributed by atoms with Gasteiger partial charge in [-0.05, 0) is 43.7 Å². The molecule has 0 unspecified atom stereocenters. The zero-order valence-corrected chi connectivity index (χ0v) is 17.1. The van der Waals surface area contributed by atoms with Crippen LogP contribution in [0, 0.1) is 13.8 Å². The van der Waals surface area contributed by atoms with E-state index in [1.54, 1.807) is 0 Å². The first kappa shape index (κ1) is 20.1. The number of carbonyl (C=O) groups is 1. The molecule has 0 spiro atoms. The molecule has 0 aliphatic carbocycles. The molecule has 28 heavy (non-hydrogen) atoms. The van der Waals surface area contributed by atoms with Crippen molar-refractivity contribution in [3.8, 4) is 5.75 Å². The molecule has 0 fully saturated rings. The number of aryl methyl sites for hydroxylation is 2. The van der Waals surface area contributed by atoms with E-state index in [4.69, 9.17) is 0 Å². The third kappa shape index (κ3) is 4.11. The first-order valence-electron chi connectivity index (χ1n) is 8.70. The summed E-state index contributed by atoms with van der Waals surface area (Å²) >= 11 is 1.32. The molecular weight excluding hydrogens is 384 g/mol. The summed E-state index contributed by atoms with van der Waals surface area (Å²) < 4.78 is 28.8. The third-order valence-electron chi connectivity index (χ3n) is 4.19. The maximum Gasteiger partial charge on any atom is 0.387 e. The molecule has 0 saturated heterocycles. The van der Waals surface area contributed by atoms with Crippen LogP contribution in [-0.2, 0) is 5.41 Å². The predicted octanol–water partition coefficient (Wildman–Crippen LogP) is 5.46. The minimum absolute atomic E-state index is 0.0339. The molecule has 3 aromatic rings. The Morgan fingerprint density at radius 3 is 2.36 bits per heavy atom. The number of halogens is 2. The molecule has 0 atom stereocenters. The lowest BCUT2D eigenvalue weighted by atomic mass is 9.95. The van der Waals surface area contributed by atoms with E-state index in [9.17, 15) is 13.6 Å². The van der Waals surface area contributed by atoms with Crippen molar-refractivity contribution >= 4 is 33.1 Å². The van der Waals surface area contributed by atoms with Crippen LogP contribution in [0.4, 0.5) is 14.5 Å². The van der Waals surface area contributed by atoms with Crippen molar-refractivity contribution in [2.75, 3.05) is 5.32 Å². The van der Waals surface area contributed by atoms with Gasteiger partial charge >= 0.3 is 6.61 Å². The van der Waals surface area contributed by atoms with Gasteiger partial charge in [0.25, 0.3) is 5.91 Å². The fraction of sp³-hybridized carbons (Fsp3) is 0.350. The van der Waals surface area contributed by atoms with Crippen molar-refractivity contribution in [3.05, 3.63) is 46.2 Å². The van der Waals surface area contributed by atoms with Gasteiger partial charge in [-0.3, -0.25) is 4.79 Å². The van der Waals surface area contributed by atoms with E-state index in [1.807, 2.05) is 34.6 Å². The normalized spacial score (nSPS) is 11.9. The molecule has 8 heteroatoms. The summed E-state index contributed by atoms with van der Waals surface area (Å²) in [5.74, 6) is 0.492. The third-order valence-corrected chi connectivity index (χ3v) is 5.37. The van der Waals surface area contributed by atoms with Gasteiger partial charge in [-0.1, -0.05) is 20.8 Å². The lowest BCUT2D eigenvalue weighted by Crippen LogP contribution is -2.16.